The smallest absolute Gasteiger partial charge is 0.211 e. The van der Waals surface area contributed by atoms with Crippen LogP contribution >= 0.6 is 0 Å². The van der Waals surface area contributed by atoms with E-state index in [1.54, 1.807) is 17.0 Å². The molecular formula is C36H52N6O4S2. The number of rotatable bonds is 4. The highest BCUT2D eigenvalue weighted by Crippen LogP contribution is 2.33. The Morgan fingerprint density at radius 3 is 1.81 bits per heavy atom. The van der Waals surface area contributed by atoms with E-state index in [2.05, 4.69) is 78.0 Å². The van der Waals surface area contributed by atoms with Crippen LogP contribution in [-0.2, 0) is 20.0 Å². The third-order valence-electron chi connectivity index (χ3n) is 9.25. The van der Waals surface area contributed by atoms with Crippen LogP contribution in [0.1, 0.15) is 86.5 Å². The maximum atomic E-state index is 11.8. The van der Waals surface area contributed by atoms with Crippen LogP contribution in [0, 0.1) is 27.7 Å². The van der Waals surface area contributed by atoms with Crippen LogP contribution in [0.5, 0.6) is 0 Å². The Balaban J connectivity index is 0.000000250. The van der Waals surface area contributed by atoms with E-state index in [1.807, 2.05) is 0 Å². The van der Waals surface area contributed by atoms with Crippen molar-refractivity contribution in [2.45, 2.75) is 80.6 Å². The fourth-order valence-electron chi connectivity index (χ4n) is 6.30. The fourth-order valence-corrected chi connectivity index (χ4v) is 8.05. The minimum Gasteiger partial charge on any atom is -0.240 e. The number of benzene rings is 2. The van der Waals surface area contributed by atoms with Gasteiger partial charge in [0.2, 0.25) is 20.0 Å². The number of aryl methyl sites for hydroxylation is 4. The number of nitrogens with zero attached hydrogens (tertiary/aromatic N) is 6. The fraction of sp³-hybridized carbons (Fsp3) is 0.500. The van der Waals surface area contributed by atoms with E-state index in [-0.39, 0.29) is 20.8 Å². The first kappa shape index (κ1) is 39.1. The molecule has 0 aliphatic carbocycles. The highest BCUT2D eigenvalue weighted by Gasteiger charge is 2.26. The third-order valence-corrected chi connectivity index (χ3v) is 11.9. The lowest BCUT2D eigenvalue weighted by Crippen LogP contribution is -2.30. The highest BCUT2D eigenvalue weighted by atomic mass is 32.2. The SMILES string of the molecule is C.C.Cc1cc2ncnc(C3=CCCN(S(C)(=O)=O)CC3)c2cc1C.Cc1cc2ncnc(C3CCCN(S(C)(=O)=O)CC3)c2cc1C. The molecule has 0 radical (unpaired) electrons. The van der Waals surface area contributed by atoms with Crippen LogP contribution in [0.4, 0.5) is 0 Å². The summed E-state index contributed by atoms with van der Waals surface area (Å²) in [4.78, 5) is 17.8. The molecule has 0 bridgehead atoms. The van der Waals surface area contributed by atoms with Gasteiger partial charge in [-0.15, -0.1) is 0 Å². The number of hydrogen-bond acceptors (Lipinski definition) is 8. The largest absolute Gasteiger partial charge is 0.240 e. The van der Waals surface area contributed by atoms with Crippen molar-refractivity contribution in [1.29, 1.82) is 0 Å². The second kappa shape index (κ2) is 15.9. The zero-order valence-corrected chi connectivity index (χ0v) is 29.2. The Kier molecular flexibility index (Phi) is 13.0. The minimum atomic E-state index is -3.14. The van der Waals surface area contributed by atoms with Crippen molar-refractivity contribution in [2.75, 3.05) is 38.7 Å². The van der Waals surface area contributed by atoms with Crippen LogP contribution in [0.15, 0.2) is 43.0 Å². The van der Waals surface area contributed by atoms with Crippen molar-refractivity contribution in [3.63, 3.8) is 0 Å². The zero-order chi connectivity index (χ0) is 33.2. The Morgan fingerprint density at radius 1 is 0.646 bits per heavy atom. The van der Waals surface area contributed by atoms with Gasteiger partial charge in [0, 0.05) is 42.9 Å². The molecule has 2 aromatic heterocycles. The van der Waals surface area contributed by atoms with E-state index >= 15 is 0 Å². The summed E-state index contributed by atoms with van der Waals surface area (Å²) >= 11 is 0. The van der Waals surface area contributed by atoms with Crippen molar-refractivity contribution in [1.82, 2.24) is 28.5 Å². The molecule has 262 valence electrons. The maximum absolute atomic E-state index is 11.8. The lowest BCUT2D eigenvalue weighted by atomic mass is 9.92. The summed E-state index contributed by atoms with van der Waals surface area (Å²) in [5.41, 5.74) is 9.88. The van der Waals surface area contributed by atoms with Crippen molar-refractivity contribution >= 4 is 47.4 Å². The van der Waals surface area contributed by atoms with Gasteiger partial charge in [-0.3, -0.25) is 0 Å². The average Bonchev–Trinajstić information content (AvgIpc) is 3.40. The molecule has 6 rings (SSSR count). The Labute approximate surface area is 287 Å². The third kappa shape index (κ3) is 9.02. The molecule has 48 heavy (non-hydrogen) atoms. The molecular weight excluding hydrogens is 645 g/mol. The molecule has 0 amide bonds. The summed E-state index contributed by atoms with van der Waals surface area (Å²) in [6.07, 6.45) is 11.9. The predicted octanol–water partition coefficient (Wildman–Crippen LogP) is 6.73. The topological polar surface area (TPSA) is 126 Å². The van der Waals surface area contributed by atoms with E-state index in [0.29, 0.717) is 39.0 Å². The first-order valence-corrected chi connectivity index (χ1v) is 19.5. The number of sulfonamides is 2. The van der Waals surface area contributed by atoms with Crippen LogP contribution in [-0.4, -0.2) is 84.1 Å². The van der Waals surface area contributed by atoms with Crippen molar-refractivity contribution in [2.24, 2.45) is 0 Å². The van der Waals surface area contributed by atoms with Gasteiger partial charge in [0.15, 0.2) is 0 Å². The monoisotopic (exact) mass is 696 g/mol. The van der Waals surface area contributed by atoms with Crippen molar-refractivity contribution < 1.29 is 16.8 Å². The molecule has 2 aromatic carbocycles. The van der Waals surface area contributed by atoms with E-state index in [1.165, 1.54) is 39.1 Å². The molecule has 0 saturated carbocycles. The van der Waals surface area contributed by atoms with Crippen LogP contribution in [0.2, 0.25) is 0 Å². The summed E-state index contributed by atoms with van der Waals surface area (Å²) in [5, 5.41) is 2.14. The van der Waals surface area contributed by atoms with Gasteiger partial charge < -0.3 is 0 Å². The quantitative estimate of drug-likeness (QED) is 0.230. The van der Waals surface area contributed by atoms with E-state index < -0.39 is 20.0 Å². The number of aromatic nitrogens is 4. The number of hydrogen-bond donors (Lipinski definition) is 0. The molecule has 10 nitrogen and oxygen atoms in total. The molecule has 0 N–H and O–H groups in total. The van der Waals surface area contributed by atoms with Crippen LogP contribution < -0.4 is 0 Å². The maximum Gasteiger partial charge on any atom is 0.211 e. The first-order valence-electron chi connectivity index (χ1n) is 15.8. The molecule has 4 aromatic rings. The lowest BCUT2D eigenvalue weighted by molar-refractivity contribution is 0.425. The van der Waals surface area contributed by atoms with Crippen molar-refractivity contribution in [3.05, 3.63) is 76.6 Å². The predicted molar refractivity (Wildman–Crippen MR) is 198 cm³/mol. The van der Waals surface area contributed by atoms with Gasteiger partial charge in [-0.05, 0) is 112 Å². The average molecular weight is 697 g/mol. The highest BCUT2D eigenvalue weighted by molar-refractivity contribution is 7.88. The molecule has 0 spiro atoms. The van der Waals surface area contributed by atoms with E-state index in [9.17, 15) is 16.8 Å². The second-order valence-corrected chi connectivity index (χ2v) is 16.6. The Hall–Kier alpha value is -3.32. The van der Waals surface area contributed by atoms with Crippen LogP contribution in [0.3, 0.4) is 0 Å². The molecule has 1 fully saturated rings. The van der Waals surface area contributed by atoms with Crippen LogP contribution in [0.25, 0.3) is 27.4 Å². The molecule has 4 heterocycles. The lowest BCUT2D eigenvalue weighted by Gasteiger charge is -2.18. The molecule has 1 atom stereocenters. The van der Waals surface area contributed by atoms with Gasteiger partial charge in [0.1, 0.15) is 12.7 Å². The van der Waals surface area contributed by atoms with Gasteiger partial charge in [-0.2, -0.15) is 0 Å². The summed E-state index contributed by atoms with van der Waals surface area (Å²) in [6.45, 7) is 10.6. The van der Waals surface area contributed by atoms with Gasteiger partial charge in [0.05, 0.1) is 34.9 Å². The van der Waals surface area contributed by atoms with E-state index in [0.717, 1.165) is 58.0 Å². The summed E-state index contributed by atoms with van der Waals surface area (Å²) in [5.74, 6) is 0.286. The molecule has 2 aliphatic rings. The second-order valence-electron chi connectivity index (χ2n) is 12.6. The molecule has 12 heteroatoms. The van der Waals surface area contributed by atoms with E-state index in [4.69, 9.17) is 0 Å². The number of fused-ring (bicyclic) bond motifs is 2. The normalized spacial score (nSPS) is 18.0. The van der Waals surface area contributed by atoms with Gasteiger partial charge in [-0.1, -0.05) is 20.9 Å². The minimum absolute atomic E-state index is 0. The summed E-state index contributed by atoms with van der Waals surface area (Å²) in [7, 11) is -6.25. The molecule has 1 unspecified atom stereocenters. The van der Waals surface area contributed by atoms with Gasteiger partial charge in [-0.25, -0.2) is 45.4 Å². The first-order chi connectivity index (χ1) is 21.7. The Morgan fingerprint density at radius 2 is 1.19 bits per heavy atom. The van der Waals surface area contributed by atoms with Gasteiger partial charge >= 0.3 is 0 Å². The standard InChI is InChI=1S/C17H23N3O2S.C17H21N3O2S.2CH4/c2*1-12-9-15-16(10-13(12)2)18-11-19-17(15)14-5-4-7-20(8-6-14)23(3,21)22;;/h9-11,14H,4-8H2,1-3H3;5,9-11H,4,6-8H2,1-3H3;2*1H4. The summed E-state index contributed by atoms with van der Waals surface area (Å²) in [6, 6.07) is 8.48. The van der Waals surface area contributed by atoms with Gasteiger partial charge in [0.25, 0.3) is 0 Å². The molecule has 1 saturated heterocycles. The molecule has 2 aliphatic heterocycles. The zero-order valence-electron chi connectivity index (χ0n) is 27.6. The summed E-state index contributed by atoms with van der Waals surface area (Å²) < 4.78 is 50.2. The van der Waals surface area contributed by atoms with Crippen molar-refractivity contribution in [3.8, 4) is 0 Å². The Bertz CT molecular complexity index is 1980.